The van der Waals surface area contributed by atoms with Crippen molar-refractivity contribution in [2.24, 2.45) is 0 Å². The molecule has 0 aliphatic carbocycles. The van der Waals surface area contributed by atoms with Crippen LogP contribution in [-0.4, -0.2) is 57.4 Å². The van der Waals surface area contributed by atoms with Crippen LogP contribution < -0.4 is 18.9 Å². The van der Waals surface area contributed by atoms with Gasteiger partial charge in [0.15, 0.2) is 23.0 Å². The molecule has 2 aliphatic heterocycles. The molecule has 176 valence electrons. The standard InChI is InChI=1S/C22H27NO4.H2O4S/c1-13-15-6-7-18(24-2)22(27-5)17(15)12-23-9-8-14-10-19(25-3)20(26-4)11-16(14)21(13)23;1-5(2,3)4/h6-7,10-11,13,21H,8-9,12H2,1-5H3;(H2,1,2,3,4). The molecule has 2 aromatic carbocycles. The highest BCUT2D eigenvalue weighted by Crippen LogP contribution is 2.50. The molecular weight excluding hydrogens is 438 g/mol. The van der Waals surface area contributed by atoms with Crippen LogP contribution in [0.25, 0.3) is 0 Å². The molecule has 4 rings (SSSR count). The lowest BCUT2D eigenvalue weighted by Gasteiger charge is -2.45. The molecule has 0 saturated heterocycles. The first-order chi connectivity index (χ1) is 15.1. The molecule has 0 amide bonds. The van der Waals surface area contributed by atoms with E-state index in [4.69, 9.17) is 36.5 Å². The van der Waals surface area contributed by atoms with E-state index < -0.39 is 10.4 Å². The molecule has 9 nitrogen and oxygen atoms in total. The van der Waals surface area contributed by atoms with Crippen LogP contribution in [0.3, 0.4) is 0 Å². The van der Waals surface area contributed by atoms with E-state index in [9.17, 15) is 0 Å². The Labute approximate surface area is 188 Å². The number of ether oxygens (including phenoxy) is 4. The van der Waals surface area contributed by atoms with Crippen LogP contribution in [0.1, 0.15) is 41.1 Å². The van der Waals surface area contributed by atoms with Crippen LogP contribution >= 0.6 is 0 Å². The van der Waals surface area contributed by atoms with Gasteiger partial charge in [-0.2, -0.15) is 8.42 Å². The Kier molecular flexibility index (Phi) is 7.19. The van der Waals surface area contributed by atoms with Gasteiger partial charge in [0.1, 0.15) is 0 Å². The molecule has 0 fully saturated rings. The van der Waals surface area contributed by atoms with Gasteiger partial charge in [0.25, 0.3) is 0 Å². The lowest BCUT2D eigenvalue weighted by atomic mass is 9.77. The second kappa shape index (κ2) is 9.53. The number of benzene rings is 2. The molecule has 0 bridgehead atoms. The zero-order valence-corrected chi connectivity index (χ0v) is 19.6. The average Bonchev–Trinajstić information content (AvgIpc) is 2.75. The molecule has 0 spiro atoms. The third kappa shape index (κ3) is 4.78. The first-order valence-electron chi connectivity index (χ1n) is 10.0. The Balaban J connectivity index is 0.000000523. The molecular formula is C22H29NO8S. The Morgan fingerprint density at radius 2 is 1.50 bits per heavy atom. The summed E-state index contributed by atoms with van der Waals surface area (Å²) in [5.41, 5.74) is 5.26. The fraction of sp³-hybridized carbons (Fsp3) is 0.455. The number of hydrogen-bond donors (Lipinski definition) is 2. The number of fused-ring (bicyclic) bond motifs is 4. The summed E-state index contributed by atoms with van der Waals surface area (Å²) in [5, 5.41) is 0. The quantitative estimate of drug-likeness (QED) is 0.654. The third-order valence-electron chi connectivity index (χ3n) is 6.04. The first-order valence-corrected chi connectivity index (χ1v) is 11.4. The van der Waals surface area contributed by atoms with Gasteiger partial charge in [-0.15, -0.1) is 0 Å². The first kappa shape index (κ1) is 24.1. The van der Waals surface area contributed by atoms with E-state index in [0.29, 0.717) is 12.0 Å². The molecule has 32 heavy (non-hydrogen) atoms. The van der Waals surface area contributed by atoms with Crippen molar-refractivity contribution >= 4 is 10.4 Å². The van der Waals surface area contributed by atoms with Gasteiger partial charge in [-0.05, 0) is 41.3 Å². The molecule has 2 aromatic rings. The molecule has 2 atom stereocenters. The molecule has 2 unspecified atom stereocenters. The SMILES string of the molecule is COc1cc2c(cc1OC)C1C(C)c3ccc(OC)c(OC)c3CN1CC2.O=S(=O)(O)O. The summed E-state index contributed by atoms with van der Waals surface area (Å²) in [4.78, 5) is 2.54. The van der Waals surface area contributed by atoms with Gasteiger partial charge < -0.3 is 18.9 Å². The van der Waals surface area contributed by atoms with Gasteiger partial charge in [-0.3, -0.25) is 14.0 Å². The van der Waals surface area contributed by atoms with Crippen molar-refractivity contribution in [1.82, 2.24) is 4.90 Å². The van der Waals surface area contributed by atoms with Crippen molar-refractivity contribution in [2.75, 3.05) is 35.0 Å². The van der Waals surface area contributed by atoms with E-state index in [0.717, 1.165) is 42.5 Å². The number of nitrogens with zero attached hydrogens (tertiary/aromatic N) is 1. The maximum atomic E-state index is 8.74. The van der Waals surface area contributed by atoms with E-state index in [1.165, 1.54) is 22.3 Å². The van der Waals surface area contributed by atoms with Crippen LogP contribution in [0.5, 0.6) is 23.0 Å². The zero-order chi connectivity index (χ0) is 23.6. The predicted octanol–water partition coefficient (Wildman–Crippen LogP) is 3.28. The minimum Gasteiger partial charge on any atom is -0.493 e. The van der Waals surface area contributed by atoms with Crippen molar-refractivity contribution in [1.29, 1.82) is 0 Å². The monoisotopic (exact) mass is 467 g/mol. The summed E-state index contributed by atoms with van der Waals surface area (Å²) in [5.74, 6) is 3.60. The summed E-state index contributed by atoms with van der Waals surface area (Å²) in [6, 6.07) is 8.82. The Morgan fingerprint density at radius 1 is 0.906 bits per heavy atom. The second-order valence-electron chi connectivity index (χ2n) is 7.68. The molecule has 2 heterocycles. The number of rotatable bonds is 4. The van der Waals surface area contributed by atoms with Crippen molar-refractivity contribution < 1.29 is 36.5 Å². The van der Waals surface area contributed by atoms with Crippen molar-refractivity contribution in [3.05, 3.63) is 46.5 Å². The van der Waals surface area contributed by atoms with Crippen LogP contribution in [0, 0.1) is 0 Å². The molecule has 0 aromatic heterocycles. The van der Waals surface area contributed by atoms with Crippen LogP contribution in [-0.2, 0) is 23.4 Å². The highest BCUT2D eigenvalue weighted by molar-refractivity contribution is 7.79. The average molecular weight is 468 g/mol. The minimum atomic E-state index is -4.67. The lowest BCUT2D eigenvalue weighted by Crippen LogP contribution is -2.41. The molecule has 10 heteroatoms. The minimum absolute atomic E-state index is 0.319. The Hall–Kier alpha value is -2.53. The summed E-state index contributed by atoms with van der Waals surface area (Å²) >= 11 is 0. The van der Waals surface area contributed by atoms with Gasteiger partial charge in [-0.1, -0.05) is 13.0 Å². The van der Waals surface area contributed by atoms with E-state index in [1.54, 1.807) is 28.4 Å². The van der Waals surface area contributed by atoms with Gasteiger partial charge in [-0.25, -0.2) is 0 Å². The van der Waals surface area contributed by atoms with Gasteiger partial charge >= 0.3 is 10.4 Å². The second-order valence-corrected chi connectivity index (χ2v) is 8.57. The predicted molar refractivity (Wildman–Crippen MR) is 119 cm³/mol. The maximum absolute atomic E-state index is 8.74. The Bertz CT molecular complexity index is 1080. The maximum Gasteiger partial charge on any atom is 0.394 e. The van der Waals surface area contributed by atoms with E-state index in [2.05, 4.69) is 30.0 Å². The smallest absolute Gasteiger partial charge is 0.394 e. The van der Waals surface area contributed by atoms with Crippen LogP contribution in [0.2, 0.25) is 0 Å². The van der Waals surface area contributed by atoms with Gasteiger partial charge in [0, 0.05) is 30.6 Å². The summed E-state index contributed by atoms with van der Waals surface area (Å²) in [6.45, 7) is 4.17. The Morgan fingerprint density at radius 3 is 2.06 bits per heavy atom. The molecule has 2 N–H and O–H groups in total. The van der Waals surface area contributed by atoms with E-state index in [1.807, 2.05) is 6.07 Å². The van der Waals surface area contributed by atoms with E-state index >= 15 is 0 Å². The normalized spacial score (nSPS) is 19.5. The van der Waals surface area contributed by atoms with Crippen molar-refractivity contribution in [3.8, 4) is 23.0 Å². The lowest BCUT2D eigenvalue weighted by molar-refractivity contribution is 0.136. The van der Waals surface area contributed by atoms with E-state index in [-0.39, 0.29) is 0 Å². The van der Waals surface area contributed by atoms with Gasteiger partial charge in [0.2, 0.25) is 0 Å². The fourth-order valence-corrected chi connectivity index (χ4v) is 4.76. The van der Waals surface area contributed by atoms with Crippen LogP contribution in [0.15, 0.2) is 24.3 Å². The van der Waals surface area contributed by atoms with Gasteiger partial charge in [0.05, 0.1) is 28.4 Å². The number of methoxy groups -OCH3 is 4. The molecule has 0 radical (unpaired) electrons. The molecule has 0 saturated carbocycles. The highest BCUT2D eigenvalue weighted by Gasteiger charge is 2.39. The van der Waals surface area contributed by atoms with Crippen molar-refractivity contribution in [2.45, 2.75) is 31.8 Å². The van der Waals surface area contributed by atoms with Crippen LogP contribution in [0.4, 0.5) is 0 Å². The summed E-state index contributed by atoms with van der Waals surface area (Å²) in [7, 11) is 2.13. The third-order valence-corrected chi connectivity index (χ3v) is 6.04. The molecule has 2 aliphatic rings. The highest BCUT2D eigenvalue weighted by atomic mass is 32.3. The fourth-order valence-electron chi connectivity index (χ4n) is 4.76. The summed E-state index contributed by atoms with van der Waals surface area (Å²) in [6.07, 6.45) is 1.00. The van der Waals surface area contributed by atoms with Crippen molar-refractivity contribution in [3.63, 3.8) is 0 Å². The topological polar surface area (TPSA) is 115 Å². The zero-order valence-electron chi connectivity index (χ0n) is 18.8. The largest absolute Gasteiger partial charge is 0.493 e. The summed E-state index contributed by atoms with van der Waals surface area (Å²) < 4.78 is 53.9. The number of hydrogen-bond acceptors (Lipinski definition) is 7.